The molecule has 0 aliphatic heterocycles. The number of hydrogen-bond acceptors (Lipinski definition) is 2. The molecule has 2 N–H and O–H groups in total. The van der Waals surface area contributed by atoms with Crippen molar-refractivity contribution in [2.75, 3.05) is 5.84 Å². The van der Waals surface area contributed by atoms with Crippen LogP contribution in [0.2, 0.25) is 0 Å². The van der Waals surface area contributed by atoms with Gasteiger partial charge >= 0.3 is 0 Å². The lowest BCUT2D eigenvalue weighted by Gasteiger charge is -2.12. The monoisotopic (exact) mass is 199 g/mol. The predicted octanol–water partition coefficient (Wildman–Crippen LogP) is 1.37. The van der Waals surface area contributed by atoms with Gasteiger partial charge in [0, 0.05) is 11.5 Å². The van der Waals surface area contributed by atoms with E-state index in [0.29, 0.717) is 12.8 Å². The fourth-order valence-corrected chi connectivity index (χ4v) is 2.57. The van der Waals surface area contributed by atoms with Crippen LogP contribution in [0.4, 0.5) is 8.78 Å². The molecule has 5 heteroatoms. The van der Waals surface area contributed by atoms with E-state index in [-0.39, 0.29) is 11.6 Å². The highest BCUT2D eigenvalue weighted by atomic mass is 19.3. The fourth-order valence-electron chi connectivity index (χ4n) is 2.57. The SMILES string of the molecule is CCc1nn(N)c2c1C1CC1C2(F)F. The Kier molecular flexibility index (Phi) is 1.23. The van der Waals surface area contributed by atoms with Crippen molar-refractivity contribution in [1.29, 1.82) is 0 Å². The van der Waals surface area contributed by atoms with Gasteiger partial charge in [0.25, 0.3) is 5.92 Å². The van der Waals surface area contributed by atoms with Crippen LogP contribution in [0.1, 0.15) is 36.2 Å². The van der Waals surface area contributed by atoms with Gasteiger partial charge < -0.3 is 5.84 Å². The summed E-state index contributed by atoms with van der Waals surface area (Å²) in [5.41, 5.74) is 1.42. The van der Waals surface area contributed by atoms with Crippen LogP contribution in [-0.4, -0.2) is 9.89 Å². The number of aryl methyl sites for hydroxylation is 1. The van der Waals surface area contributed by atoms with Gasteiger partial charge in [-0.3, -0.25) is 0 Å². The molecule has 1 heterocycles. The number of nitrogen functional groups attached to an aromatic ring is 1. The summed E-state index contributed by atoms with van der Waals surface area (Å²) in [6.45, 7) is 1.91. The number of hydrogen-bond donors (Lipinski definition) is 1. The van der Waals surface area contributed by atoms with E-state index in [2.05, 4.69) is 5.10 Å². The quantitative estimate of drug-likeness (QED) is 0.694. The van der Waals surface area contributed by atoms with Crippen LogP contribution in [0.5, 0.6) is 0 Å². The van der Waals surface area contributed by atoms with Crippen LogP contribution in [0, 0.1) is 5.92 Å². The summed E-state index contributed by atoms with van der Waals surface area (Å²) >= 11 is 0. The number of aromatic nitrogens is 2. The highest BCUT2D eigenvalue weighted by Gasteiger charge is 2.66. The van der Waals surface area contributed by atoms with Crippen LogP contribution in [0.25, 0.3) is 0 Å². The van der Waals surface area contributed by atoms with Gasteiger partial charge in [-0.2, -0.15) is 18.7 Å². The molecule has 1 aromatic heterocycles. The standard InChI is InChI=1S/C9H11F2N3/c1-2-6-7-4-3-5(4)9(10,11)8(7)14(12)13-6/h4-5H,2-3,12H2,1H3. The molecule has 0 radical (unpaired) electrons. The number of halogens is 2. The summed E-state index contributed by atoms with van der Waals surface area (Å²) in [6.07, 6.45) is 1.27. The number of rotatable bonds is 1. The second kappa shape index (κ2) is 2.10. The topological polar surface area (TPSA) is 43.8 Å². The summed E-state index contributed by atoms with van der Waals surface area (Å²) in [6, 6.07) is 0. The van der Waals surface area contributed by atoms with Gasteiger partial charge in [-0.1, -0.05) is 6.92 Å². The summed E-state index contributed by atoms with van der Waals surface area (Å²) in [7, 11) is 0. The number of nitrogens with zero attached hydrogens (tertiary/aromatic N) is 2. The zero-order valence-corrected chi connectivity index (χ0v) is 7.80. The molecule has 1 aromatic rings. The number of nitrogens with two attached hydrogens (primary N) is 1. The molecule has 0 amide bonds. The highest BCUT2D eigenvalue weighted by Crippen LogP contribution is 2.67. The largest absolute Gasteiger partial charge is 0.323 e. The highest BCUT2D eigenvalue weighted by molar-refractivity contribution is 5.45. The molecular weight excluding hydrogens is 188 g/mol. The van der Waals surface area contributed by atoms with Crippen molar-refractivity contribution < 1.29 is 8.78 Å². The van der Waals surface area contributed by atoms with Crippen molar-refractivity contribution in [3.8, 4) is 0 Å². The van der Waals surface area contributed by atoms with E-state index < -0.39 is 11.8 Å². The Balaban J connectivity index is 2.25. The average Bonchev–Trinajstić information content (AvgIpc) is 2.79. The first-order valence-electron chi connectivity index (χ1n) is 4.82. The van der Waals surface area contributed by atoms with E-state index >= 15 is 0 Å². The minimum Gasteiger partial charge on any atom is -0.323 e. The maximum atomic E-state index is 13.6. The maximum Gasteiger partial charge on any atom is 0.295 e. The molecule has 2 unspecified atom stereocenters. The molecule has 3 nitrogen and oxygen atoms in total. The van der Waals surface area contributed by atoms with Crippen LogP contribution in [0.3, 0.4) is 0 Å². The second-order valence-electron chi connectivity index (χ2n) is 4.08. The van der Waals surface area contributed by atoms with Crippen molar-refractivity contribution in [2.24, 2.45) is 5.92 Å². The van der Waals surface area contributed by atoms with E-state index in [9.17, 15) is 8.78 Å². The Hall–Kier alpha value is -1.13. The first kappa shape index (κ1) is 8.20. The van der Waals surface area contributed by atoms with Gasteiger partial charge in [-0.25, -0.2) is 0 Å². The third kappa shape index (κ3) is 0.701. The molecule has 1 saturated carbocycles. The molecule has 0 bridgehead atoms. The van der Waals surface area contributed by atoms with Crippen LogP contribution in [0.15, 0.2) is 0 Å². The van der Waals surface area contributed by atoms with Gasteiger partial charge in [0.05, 0.1) is 5.69 Å². The molecule has 0 spiro atoms. The Labute approximate surface area is 79.9 Å². The van der Waals surface area contributed by atoms with E-state index in [4.69, 9.17) is 5.84 Å². The van der Waals surface area contributed by atoms with E-state index in [0.717, 1.165) is 16.0 Å². The molecule has 2 aliphatic carbocycles. The maximum absolute atomic E-state index is 13.6. The summed E-state index contributed by atoms with van der Waals surface area (Å²) in [5, 5.41) is 3.94. The molecule has 1 fully saturated rings. The molecule has 14 heavy (non-hydrogen) atoms. The number of alkyl halides is 2. The normalized spacial score (nSPS) is 31.4. The lowest BCUT2D eigenvalue weighted by Crippen LogP contribution is -2.24. The first-order chi connectivity index (χ1) is 6.57. The molecule has 0 saturated heterocycles. The zero-order valence-electron chi connectivity index (χ0n) is 7.80. The van der Waals surface area contributed by atoms with Gasteiger partial charge in [0.2, 0.25) is 0 Å². The Morgan fingerprint density at radius 1 is 1.64 bits per heavy atom. The average molecular weight is 199 g/mol. The van der Waals surface area contributed by atoms with E-state index in [1.807, 2.05) is 6.92 Å². The third-order valence-corrected chi connectivity index (χ3v) is 3.30. The van der Waals surface area contributed by atoms with Crippen molar-refractivity contribution in [2.45, 2.75) is 31.6 Å². The first-order valence-corrected chi connectivity index (χ1v) is 4.82. The summed E-state index contributed by atoms with van der Waals surface area (Å²) < 4.78 is 27.3. The van der Waals surface area contributed by atoms with Crippen molar-refractivity contribution in [3.63, 3.8) is 0 Å². The molecule has 2 aliphatic rings. The Morgan fingerprint density at radius 3 is 3.00 bits per heavy atom. The minimum absolute atomic E-state index is 0.0206. The smallest absolute Gasteiger partial charge is 0.295 e. The van der Waals surface area contributed by atoms with Crippen LogP contribution in [-0.2, 0) is 12.3 Å². The molecular formula is C9H11F2N3. The Bertz CT molecular complexity index is 410. The number of fused-ring (bicyclic) bond motifs is 3. The third-order valence-electron chi connectivity index (χ3n) is 3.30. The summed E-state index contributed by atoms with van der Waals surface area (Å²) in [5.74, 6) is 2.21. The molecule has 0 aromatic carbocycles. The van der Waals surface area contributed by atoms with Gasteiger partial charge in [0.1, 0.15) is 5.69 Å². The molecule has 76 valence electrons. The van der Waals surface area contributed by atoms with Gasteiger partial charge in [-0.05, 0) is 18.8 Å². The predicted molar refractivity (Wildman–Crippen MR) is 46.5 cm³/mol. The van der Waals surface area contributed by atoms with Crippen molar-refractivity contribution >= 4 is 0 Å². The van der Waals surface area contributed by atoms with Crippen molar-refractivity contribution in [3.05, 3.63) is 17.0 Å². The fraction of sp³-hybridized carbons (Fsp3) is 0.667. The van der Waals surface area contributed by atoms with E-state index in [1.165, 1.54) is 0 Å². The lowest BCUT2D eigenvalue weighted by molar-refractivity contribution is -0.0295. The lowest BCUT2D eigenvalue weighted by atomic mass is 10.1. The minimum atomic E-state index is -2.75. The summed E-state index contributed by atoms with van der Waals surface area (Å²) in [4.78, 5) is 0.875. The van der Waals surface area contributed by atoms with Gasteiger partial charge in [0.15, 0.2) is 0 Å². The van der Waals surface area contributed by atoms with Gasteiger partial charge in [-0.15, -0.1) is 0 Å². The zero-order chi connectivity index (χ0) is 10.1. The van der Waals surface area contributed by atoms with Crippen LogP contribution < -0.4 is 5.84 Å². The second-order valence-corrected chi connectivity index (χ2v) is 4.08. The molecule has 3 rings (SSSR count). The van der Waals surface area contributed by atoms with Crippen LogP contribution >= 0.6 is 0 Å². The Morgan fingerprint density at radius 2 is 2.36 bits per heavy atom. The van der Waals surface area contributed by atoms with E-state index in [1.54, 1.807) is 0 Å². The molecule has 2 atom stereocenters. The van der Waals surface area contributed by atoms with Crippen molar-refractivity contribution in [1.82, 2.24) is 9.89 Å².